The average Bonchev–Trinajstić information content (AvgIpc) is 2.30. The van der Waals surface area contributed by atoms with E-state index in [-0.39, 0.29) is 12.3 Å². The number of rotatable bonds is 6. The molecule has 1 aromatic carbocycles. The zero-order chi connectivity index (χ0) is 13.8. The van der Waals surface area contributed by atoms with Crippen LogP contribution in [0.1, 0.15) is 18.1 Å². The Kier molecular flexibility index (Phi) is 4.86. The van der Waals surface area contributed by atoms with Gasteiger partial charge in [0.05, 0.1) is 5.75 Å². The molecule has 0 saturated heterocycles. The third-order valence-corrected chi connectivity index (χ3v) is 4.32. The van der Waals surface area contributed by atoms with Crippen molar-refractivity contribution < 1.29 is 18.3 Å². The van der Waals surface area contributed by atoms with Crippen LogP contribution in [-0.2, 0) is 21.4 Å². The molecular weight excluding hydrogens is 254 g/mol. The second-order valence-corrected chi connectivity index (χ2v) is 6.31. The lowest BCUT2D eigenvalue weighted by atomic mass is 10.1. The highest BCUT2D eigenvalue weighted by Gasteiger charge is 2.22. The molecule has 0 unspecified atom stereocenters. The van der Waals surface area contributed by atoms with E-state index in [4.69, 9.17) is 5.11 Å². The second kappa shape index (κ2) is 5.97. The predicted molar refractivity (Wildman–Crippen MR) is 68.7 cm³/mol. The lowest BCUT2D eigenvalue weighted by molar-refractivity contribution is -0.137. The minimum Gasteiger partial charge on any atom is -0.480 e. The van der Waals surface area contributed by atoms with Gasteiger partial charge in [-0.3, -0.25) is 4.79 Å². The first-order valence-electron chi connectivity index (χ1n) is 5.60. The van der Waals surface area contributed by atoms with Gasteiger partial charge < -0.3 is 5.11 Å². The highest BCUT2D eigenvalue weighted by Crippen LogP contribution is 2.11. The maximum atomic E-state index is 11.8. The van der Waals surface area contributed by atoms with Crippen LogP contribution < -0.4 is 0 Å². The van der Waals surface area contributed by atoms with Gasteiger partial charge in [0.25, 0.3) is 0 Å². The molecule has 5 nitrogen and oxygen atoms in total. The minimum atomic E-state index is -3.51. The molecule has 0 aromatic heterocycles. The van der Waals surface area contributed by atoms with Gasteiger partial charge in [-0.1, -0.05) is 29.8 Å². The summed E-state index contributed by atoms with van der Waals surface area (Å²) < 4.78 is 24.5. The van der Waals surface area contributed by atoms with Crippen molar-refractivity contribution in [2.24, 2.45) is 0 Å². The highest BCUT2D eigenvalue weighted by atomic mass is 32.2. The first-order valence-corrected chi connectivity index (χ1v) is 7.21. The van der Waals surface area contributed by atoms with Crippen LogP contribution in [0.15, 0.2) is 24.3 Å². The lowest BCUT2D eigenvalue weighted by Crippen LogP contribution is -2.36. The van der Waals surface area contributed by atoms with Crippen LogP contribution in [0, 0.1) is 6.92 Å². The molecule has 0 radical (unpaired) electrons. The summed E-state index contributed by atoms with van der Waals surface area (Å²) in [6.45, 7) is 3.01. The van der Waals surface area contributed by atoms with Crippen LogP contribution in [0.2, 0.25) is 0 Å². The number of hydrogen-bond donors (Lipinski definition) is 1. The van der Waals surface area contributed by atoms with E-state index in [0.717, 1.165) is 15.4 Å². The van der Waals surface area contributed by atoms with Crippen molar-refractivity contribution >= 4 is 16.0 Å². The number of aliphatic carboxylic acids is 1. The quantitative estimate of drug-likeness (QED) is 0.844. The summed E-state index contributed by atoms with van der Waals surface area (Å²) in [5, 5.41) is 8.76. The van der Waals surface area contributed by atoms with Crippen molar-refractivity contribution in [2.75, 3.05) is 12.3 Å². The Hall–Kier alpha value is -1.40. The van der Waals surface area contributed by atoms with Crippen molar-refractivity contribution in [3.63, 3.8) is 0 Å². The number of carbonyl (C=O) groups is 1. The number of aryl methyl sites for hydroxylation is 1. The first-order chi connectivity index (χ1) is 8.35. The molecule has 1 N–H and O–H groups in total. The standard InChI is InChI=1S/C12H17NO4S/c1-3-18(16,17)13(9-12(14)15)8-11-6-4-10(2)5-7-11/h4-7H,3,8-9H2,1-2H3,(H,14,15). The number of carboxylic acid groups (broad SMARTS) is 1. The Bertz CT molecular complexity index is 507. The summed E-state index contributed by atoms with van der Waals surface area (Å²) >= 11 is 0. The molecule has 1 rings (SSSR count). The molecule has 0 spiro atoms. The van der Waals surface area contributed by atoms with Gasteiger partial charge in [-0.15, -0.1) is 0 Å². The lowest BCUT2D eigenvalue weighted by Gasteiger charge is -2.19. The predicted octanol–water partition coefficient (Wildman–Crippen LogP) is 1.23. The third kappa shape index (κ3) is 4.12. The number of hydrogen-bond acceptors (Lipinski definition) is 3. The normalized spacial score (nSPS) is 11.7. The van der Waals surface area contributed by atoms with Gasteiger partial charge in [0, 0.05) is 6.54 Å². The van der Waals surface area contributed by atoms with Gasteiger partial charge >= 0.3 is 5.97 Å². The van der Waals surface area contributed by atoms with Crippen molar-refractivity contribution in [3.8, 4) is 0 Å². The fourth-order valence-corrected chi connectivity index (χ4v) is 2.50. The molecule has 1 aromatic rings. The summed E-state index contributed by atoms with van der Waals surface area (Å²) in [6, 6.07) is 7.34. The summed E-state index contributed by atoms with van der Waals surface area (Å²) in [7, 11) is -3.51. The number of nitrogens with zero attached hydrogens (tertiary/aromatic N) is 1. The number of benzene rings is 1. The summed E-state index contributed by atoms with van der Waals surface area (Å²) in [4.78, 5) is 10.7. The van der Waals surface area contributed by atoms with Crippen molar-refractivity contribution in [2.45, 2.75) is 20.4 Å². The van der Waals surface area contributed by atoms with E-state index in [0.29, 0.717) is 0 Å². The zero-order valence-corrected chi connectivity index (χ0v) is 11.3. The van der Waals surface area contributed by atoms with Gasteiger partial charge in [-0.05, 0) is 19.4 Å². The van der Waals surface area contributed by atoms with Crippen LogP contribution in [0.25, 0.3) is 0 Å². The van der Waals surface area contributed by atoms with Gasteiger partial charge in [0.2, 0.25) is 10.0 Å². The maximum Gasteiger partial charge on any atom is 0.318 e. The molecule has 100 valence electrons. The third-order valence-electron chi connectivity index (χ3n) is 2.55. The largest absolute Gasteiger partial charge is 0.480 e. The molecule has 0 aliphatic carbocycles. The zero-order valence-electron chi connectivity index (χ0n) is 10.5. The summed E-state index contributed by atoms with van der Waals surface area (Å²) in [5.41, 5.74) is 1.85. The van der Waals surface area contributed by atoms with E-state index < -0.39 is 22.5 Å². The van der Waals surface area contributed by atoms with Crippen molar-refractivity contribution in [1.29, 1.82) is 0 Å². The van der Waals surface area contributed by atoms with E-state index >= 15 is 0 Å². The molecule has 0 atom stereocenters. The first kappa shape index (κ1) is 14.7. The summed E-state index contributed by atoms with van der Waals surface area (Å²) in [6.07, 6.45) is 0. The minimum absolute atomic E-state index is 0.0861. The topological polar surface area (TPSA) is 74.7 Å². The second-order valence-electron chi connectivity index (χ2n) is 4.05. The van der Waals surface area contributed by atoms with Crippen LogP contribution >= 0.6 is 0 Å². The molecule has 18 heavy (non-hydrogen) atoms. The highest BCUT2D eigenvalue weighted by molar-refractivity contribution is 7.89. The van der Waals surface area contributed by atoms with Gasteiger partial charge in [-0.2, -0.15) is 4.31 Å². The SMILES string of the molecule is CCS(=O)(=O)N(CC(=O)O)Cc1ccc(C)cc1. The molecular formula is C12H17NO4S. The van der Waals surface area contributed by atoms with Crippen LogP contribution in [-0.4, -0.2) is 36.1 Å². The molecule has 0 heterocycles. The molecule has 0 aliphatic rings. The van der Waals surface area contributed by atoms with E-state index in [1.54, 1.807) is 12.1 Å². The van der Waals surface area contributed by atoms with Gasteiger partial charge in [0.15, 0.2) is 0 Å². The Morgan fingerprint density at radius 1 is 1.28 bits per heavy atom. The molecule has 0 bridgehead atoms. The van der Waals surface area contributed by atoms with E-state index in [2.05, 4.69) is 0 Å². The van der Waals surface area contributed by atoms with Crippen LogP contribution in [0.4, 0.5) is 0 Å². The fourth-order valence-electron chi connectivity index (χ4n) is 1.48. The molecule has 0 aliphatic heterocycles. The fraction of sp³-hybridized carbons (Fsp3) is 0.417. The Labute approximate surface area is 107 Å². The number of carboxylic acids is 1. The smallest absolute Gasteiger partial charge is 0.318 e. The molecule has 0 saturated carbocycles. The van der Waals surface area contributed by atoms with E-state index in [9.17, 15) is 13.2 Å². The van der Waals surface area contributed by atoms with Crippen molar-refractivity contribution in [1.82, 2.24) is 4.31 Å². The Morgan fingerprint density at radius 2 is 1.83 bits per heavy atom. The Balaban J connectivity index is 2.91. The molecule has 0 amide bonds. The molecule has 6 heteroatoms. The maximum absolute atomic E-state index is 11.8. The monoisotopic (exact) mass is 271 g/mol. The molecule has 0 fully saturated rings. The summed E-state index contributed by atoms with van der Waals surface area (Å²) in [5.74, 6) is -1.26. The van der Waals surface area contributed by atoms with Crippen LogP contribution in [0.3, 0.4) is 0 Å². The van der Waals surface area contributed by atoms with Gasteiger partial charge in [0.1, 0.15) is 6.54 Å². The van der Waals surface area contributed by atoms with Crippen LogP contribution in [0.5, 0.6) is 0 Å². The number of sulfonamides is 1. The average molecular weight is 271 g/mol. The van der Waals surface area contributed by atoms with Crippen molar-refractivity contribution in [3.05, 3.63) is 35.4 Å². The Morgan fingerprint density at radius 3 is 2.28 bits per heavy atom. The van der Waals surface area contributed by atoms with Gasteiger partial charge in [-0.25, -0.2) is 8.42 Å². The van der Waals surface area contributed by atoms with E-state index in [1.807, 2.05) is 19.1 Å². The van der Waals surface area contributed by atoms with E-state index in [1.165, 1.54) is 6.92 Å².